The number of carbonyl (C=O) groups is 6. The van der Waals surface area contributed by atoms with Crippen molar-refractivity contribution in [2.45, 2.75) is 104 Å². The topological polar surface area (TPSA) is 185 Å². The number of methoxy groups -OCH3 is 2. The van der Waals surface area contributed by atoms with E-state index < -0.39 is 59.6 Å². The van der Waals surface area contributed by atoms with E-state index in [2.05, 4.69) is 26.6 Å². The van der Waals surface area contributed by atoms with Crippen molar-refractivity contribution in [1.82, 2.24) is 10.6 Å². The first-order chi connectivity index (χ1) is 24.9. The van der Waals surface area contributed by atoms with E-state index in [0.717, 1.165) is 15.6 Å². The van der Waals surface area contributed by atoms with Gasteiger partial charge in [0.25, 0.3) is 0 Å². The Kier molecular flexibility index (Phi) is 21.7. The van der Waals surface area contributed by atoms with Gasteiger partial charge in [0, 0.05) is 31.2 Å². The predicted molar refractivity (Wildman–Crippen MR) is 204 cm³/mol. The molecule has 0 aliphatic carbocycles. The molecule has 0 aromatic heterocycles. The lowest BCUT2D eigenvalue weighted by molar-refractivity contribution is -0.149. The number of halogens is 1. The third-order valence-corrected chi connectivity index (χ3v) is 8.87. The highest BCUT2D eigenvalue weighted by molar-refractivity contribution is 9.10. The number of aliphatic hydroxyl groups excluding tert-OH is 2. The second kappa shape index (κ2) is 24.4. The molecule has 2 aromatic carbocycles. The van der Waals surface area contributed by atoms with Crippen LogP contribution in [0.2, 0.25) is 0 Å². The molecule has 2 amide bonds. The van der Waals surface area contributed by atoms with Crippen LogP contribution >= 0.6 is 15.9 Å². The number of benzene rings is 2. The van der Waals surface area contributed by atoms with E-state index in [1.807, 2.05) is 82.3 Å². The number of amides is 2. The van der Waals surface area contributed by atoms with Crippen LogP contribution in [0.25, 0.3) is 0 Å². The van der Waals surface area contributed by atoms with Gasteiger partial charge in [0.2, 0.25) is 11.8 Å². The van der Waals surface area contributed by atoms with Gasteiger partial charge in [0.15, 0.2) is 11.6 Å². The Bertz CT molecular complexity index is 1470. The van der Waals surface area contributed by atoms with Crippen LogP contribution in [-0.2, 0) is 51.1 Å². The lowest BCUT2D eigenvalue weighted by Gasteiger charge is -2.24. The second-order valence-electron chi connectivity index (χ2n) is 14.1. The van der Waals surface area contributed by atoms with E-state index in [4.69, 9.17) is 9.47 Å². The minimum atomic E-state index is -1.41. The van der Waals surface area contributed by atoms with Gasteiger partial charge < -0.3 is 30.3 Å². The van der Waals surface area contributed by atoms with Crippen molar-refractivity contribution in [3.8, 4) is 0 Å². The van der Waals surface area contributed by atoms with Gasteiger partial charge in [-0.05, 0) is 60.8 Å². The summed E-state index contributed by atoms with van der Waals surface area (Å²) >= 11 is 3.35. The Morgan fingerprint density at radius 1 is 0.623 bits per heavy atom. The average Bonchev–Trinajstić information content (AvgIpc) is 3.09. The average molecular weight is 806 g/mol. The van der Waals surface area contributed by atoms with Crippen LogP contribution in [0.3, 0.4) is 0 Å². The molecule has 0 aliphatic rings. The molecule has 0 spiro atoms. The van der Waals surface area contributed by atoms with Gasteiger partial charge in [0.1, 0.15) is 12.2 Å². The monoisotopic (exact) mass is 804 g/mol. The van der Waals surface area contributed by atoms with Crippen molar-refractivity contribution in [3.05, 3.63) is 70.2 Å². The molecule has 2 aromatic rings. The second-order valence-corrected chi connectivity index (χ2v) is 15.0. The Morgan fingerprint density at radius 2 is 0.981 bits per heavy atom. The fourth-order valence-electron chi connectivity index (χ4n) is 5.92. The largest absolute Gasteiger partial charge is 0.469 e. The normalized spacial score (nSPS) is 14.4. The standard InChI is InChI=1S/C20H28BrNO5.C20H29NO5/c1-12(2)9-15(20(26)27-4)11-18(24)19(25)17(22-13(3)23)10-14-5-7-16(21)8-6-14;1-13(2)10-16(20(25)26-4)12-18(23)19(24)17(21-14(3)22)11-15-8-6-5-7-9-15/h5-8,12,15,17,19,25H,9-11H2,1-4H3,(H,22,23);5-9,13,16-17,19,24H,10-12H2,1-4H3,(H,21,22)/t15-,17-,19+;16-,17-,19+/m11/s1. The van der Waals surface area contributed by atoms with Crippen molar-refractivity contribution in [3.63, 3.8) is 0 Å². The van der Waals surface area contributed by atoms with E-state index in [9.17, 15) is 39.0 Å². The highest BCUT2D eigenvalue weighted by Gasteiger charge is 2.33. The van der Waals surface area contributed by atoms with Gasteiger partial charge >= 0.3 is 11.9 Å². The van der Waals surface area contributed by atoms with Gasteiger partial charge in [-0.25, -0.2) is 0 Å². The SMILES string of the molecule is COC(=O)[C@@H](CC(=O)[C@@H](O)[C@@H](Cc1ccc(Br)cc1)NC(C)=O)CC(C)C.COC(=O)[C@@H](CC(=O)[C@@H](O)[C@@H](Cc1ccccc1)NC(C)=O)CC(C)C. The van der Waals surface area contributed by atoms with Gasteiger partial charge in [-0.3, -0.25) is 28.8 Å². The Morgan fingerprint density at radius 3 is 1.30 bits per heavy atom. The maximum atomic E-state index is 12.6. The van der Waals surface area contributed by atoms with Crippen LogP contribution in [0.5, 0.6) is 0 Å². The maximum absolute atomic E-state index is 12.6. The van der Waals surface area contributed by atoms with Crippen molar-refractivity contribution in [2.24, 2.45) is 23.7 Å². The fourth-order valence-corrected chi connectivity index (χ4v) is 6.19. The molecule has 0 fully saturated rings. The van der Waals surface area contributed by atoms with Crippen LogP contribution in [-0.4, -0.2) is 84.0 Å². The molecule has 0 heterocycles. The Hall–Kier alpha value is -3.94. The van der Waals surface area contributed by atoms with E-state index in [1.54, 1.807) is 0 Å². The molecule has 0 unspecified atom stereocenters. The lowest BCUT2D eigenvalue weighted by Crippen LogP contribution is -2.48. The minimum absolute atomic E-state index is 0.114. The molecule has 53 heavy (non-hydrogen) atoms. The van der Waals surface area contributed by atoms with Gasteiger partial charge in [-0.2, -0.15) is 0 Å². The first kappa shape index (κ1) is 47.1. The molecule has 0 aliphatic heterocycles. The smallest absolute Gasteiger partial charge is 0.309 e. The van der Waals surface area contributed by atoms with Crippen molar-refractivity contribution >= 4 is 51.2 Å². The van der Waals surface area contributed by atoms with Crippen LogP contribution in [0, 0.1) is 23.7 Å². The first-order valence-corrected chi connectivity index (χ1v) is 18.6. The summed E-state index contributed by atoms with van der Waals surface area (Å²) in [6.45, 7) is 10.5. The lowest BCUT2D eigenvalue weighted by atomic mass is 9.88. The van der Waals surface area contributed by atoms with Gasteiger partial charge in [0.05, 0.1) is 38.1 Å². The van der Waals surface area contributed by atoms with Crippen molar-refractivity contribution < 1.29 is 48.5 Å². The third-order valence-electron chi connectivity index (χ3n) is 8.34. The number of Topliss-reactive ketones (excluding diaryl/α,β-unsaturated/α-hetero) is 2. The predicted octanol–water partition coefficient (Wildman–Crippen LogP) is 4.54. The zero-order valence-electron chi connectivity index (χ0n) is 32.1. The van der Waals surface area contributed by atoms with E-state index in [-0.39, 0.29) is 36.5 Å². The highest BCUT2D eigenvalue weighted by atomic mass is 79.9. The van der Waals surface area contributed by atoms with Gasteiger partial charge in [-0.15, -0.1) is 0 Å². The number of nitrogens with one attached hydrogen (secondary N) is 2. The molecule has 0 saturated carbocycles. The Balaban J connectivity index is 0.000000530. The first-order valence-electron chi connectivity index (χ1n) is 17.8. The summed E-state index contributed by atoms with van der Waals surface area (Å²) in [5, 5.41) is 26.3. The molecule has 2 rings (SSSR count). The quantitative estimate of drug-likeness (QED) is 0.139. The molecular formula is C40H57BrN2O10. The fraction of sp³-hybridized carbons (Fsp3) is 0.550. The van der Waals surface area contributed by atoms with E-state index in [0.29, 0.717) is 25.7 Å². The molecule has 0 saturated heterocycles. The number of carbonyl (C=O) groups excluding carboxylic acids is 6. The molecular weight excluding hydrogens is 748 g/mol. The molecule has 12 nitrogen and oxygen atoms in total. The summed E-state index contributed by atoms with van der Waals surface area (Å²) in [7, 11) is 2.57. The van der Waals surface area contributed by atoms with Crippen LogP contribution in [0.4, 0.5) is 0 Å². The molecule has 0 bridgehead atoms. The Labute approximate surface area is 321 Å². The summed E-state index contributed by atoms with van der Waals surface area (Å²) < 4.78 is 10.5. The summed E-state index contributed by atoms with van der Waals surface area (Å²) in [6.07, 6.45) is -1.43. The van der Waals surface area contributed by atoms with Crippen molar-refractivity contribution in [1.29, 1.82) is 0 Å². The summed E-state index contributed by atoms with van der Waals surface area (Å²) in [4.78, 5) is 72.0. The minimum Gasteiger partial charge on any atom is -0.469 e. The highest BCUT2D eigenvalue weighted by Crippen LogP contribution is 2.21. The number of ketones is 2. The molecule has 294 valence electrons. The summed E-state index contributed by atoms with van der Waals surface area (Å²) in [6, 6.07) is 15.2. The number of hydrogen-bond acceptors (Lipinski definition) is 10. The number of hydrogen-bond donors (Lipinski definition) is 4. The van der Waals surface area contributed by atoms with Crippen LogP contribution < -0.4 is 10.6 Å². The maximum Gasteiger partial charge on any atom is 0.309 e. The van der Waals surface area contributed by atoms with E-state index >= 15 is 0 Å². The zero-order valence-corrected chi connectivity index (χ0v) is 33.7. The molecule has 0 radical (unpaired) electrons. The summed E-state index contributed by atoms with van der Waals surface area (Å²) in [5.74, 6) is -3.35. The molecule has 13 heteroatoms. The summed E-state index contributed by atoms with van der Waals surface area (Å²) in [5.41, 5.74) is 1.76. The van der Waals surface area contributed by atoms with E-state index in [1.165, 1.54) is 28.1 Å². The number of rotatable bonds is 20. The van der Waals surface area contributed by atoms with Crippen molar-refractivity contribution in [2.75, 3.05) is 14.2 Å². The molecule has 4 N–H and O–H groups in total. The number of aliphatic hydroxyl groups is 2. The van der Waals surface area contributed by atoms with Gasteiger partial charge in [-0.1, -0.05) is 86.1 Å². The number of esters is 2. The molecule has 6 atom stereocenters. The zero-order chi connectivity index (χ0) is 40.2. The van der Waals surface area contributed by atoms with Crippen LogP contribution in [0.1, 0.15) is 78.4 Å². The third kappa shape index (κ3) is 18.6. The van der Waals surface area contributed by atoms with Crippen LogP contribution in [0.15, 0.2) is 59.1 Å². The number of ether oxygens (including phenoxy) is 2.